The summed E-state index contributed by atoms with van der Waals surface area (Å²) in [4.78, 5) is 8.28. The Morgan fingerprint density at radius 3 is 2.79 bits per heavy atom. The van der Waals surface area contributed by atoms with E-state index in [0.29, 0.717) is 18.4 Å². The molecule has 1 aromatic rings. The number of nitrogens with zero attached hydrogens (tertiary/aromatic N) is 2. The first-order valence-corrected chi connectivity index (χ1v) is 6.79. The van der Waals surface area contributed by atoms with Crippen LogP contribution in [0.2, 0.25) is 0 Å². The van der Waals surface area contributed by atoms with Crippen molar-refractivity contribution in [2.45, 2.75) is 45.1 Å². The maximum Gasteiger partial charge on any atom is 0.239 e. The lowest BCUT2D eigenvalue weighted by atomic mass is 9.79. The molecule has 1 fully saturated rings. The van der Waals surface area contributed by atoms with Gasteiger partial charge in [0.15, 0.2) is 0 Å². The third-order valence-electron chi connectivity index (χ3n) is 3.89. The molecule has 19 heavy (non-hydrogen) atoms. The zero-order valence-corrected chi connectivity index (χ0v) is 11.6. The van der Waals surface area contributed by atoms with Gasteiger partial charge < -0.3 is 10.4 Å². The van der Waals surface area contributed by atoms with Gasteiger partial charge in [-0.15, -0.1) is 0 Å². The van der Waals surface area contributed by atoms with E-state index in [1.54, 1.807) is 6.20 Å². The lowest BCUT2D eigenvalue weighted by Gasteiger charge is -2.35. The first kappa shape index (κ1) is 14.0. The molecule has 106 valence electrons. The van der Waals surface area contributed by atoms with Crippen LogP contribution in [-0.2, 0) is 0 Å². The quantitative estimate of drug-likeness (QED) is 0.486. The summed E-state index contributed by atoms with van der Waals surface area (Å²) in [6.45, 7) is 4.68. The molecule has 5 N–H and O–H groups in total. The average Bonchev–Trinajstić information content (AvgIpc) is 2.42. The molecular formula is C13H23N5O. The number of nitrogen functional groups attached to an aromatic ring is 1. The normalized spacial score (nSPS) is 27.1. The van der Waals surface area contributed by atoms with Crippen LogP contribution >= 0.6 is 0 Å². The molecule has 0 saturated heterocycles. The van der Waals surface area contributed by atoms with E-state index in [2.05, 4.69) is 27.6 Å². The molecule has 0 radical (unpaired) electrons. The number of anilines is 2. The Morgan fingerprint density at radius 2 is 2.16 bits per heavy atom. The summed E-state index contributed by atoms with van der Waals surface area (Å²) in [6, 6.07) is 0. The largest absolute Gasteiger partial charge is 0.388 e. The third-order valence-corrected chi connectivity index (χ3v) is 3.89. The molecule has 6 nitrogen and oxygen atoms in total. The molecule has 2 rings (SSSR count). The molecule has 1 aliphatic rings. The van der Waals surface area contributed by atoms with Gasteiger partial charge in [-0.05, 0) is 38.5 Å². The minimum atomic E-state index is -0.625. The molecule has 1 aliphatic carbocycles. The molecular weight excluding hydrogens is 242 g/mol. The van der Waals surface area contributed by atoms with E-state index in [0.717, 1.165) is 37.1 Å². The number of hydrazine groups is 1. The Morgan fingerprint density at radius 1 is 1.47 bits per heavy atom. The number of nitrogens with two attached hydrogens (primary N) is 1. The third kappa shape index (κ3) is 3.54. The van der Waals surface area contributed by atoms with Crippen molar-refractivity contribution in [1.29, 1.82) is 0 Å². The molecule has 1 heterocycles. The molecule has 0 spiro atoms. The second kappa shape index (κ2) is 5.71. The van der Waals surface area contributed by atoms with E-state index in [-0.39, 0.29) is 0 Å². The van der Waals surface area contributed by atoms with Gasteiger partial charge in [0.1, 0.15) is 5.82 Å². The summed E-state index contributed by atoms with van der Waals surface area (Å²) in [5.41, 5.74) is 2.74. The van der Waals surface area contributed by atoms with Crippen LogP contribution in [0.15, 0.2) is 6.20 Å². The van der Waals surface area contributed by atoms with Crippen LogP contribution in [-0.4, -0.2) is 27.2 Å². The highest BCUT2D eigenvalue weighted by atomic mass is 16.3. The van der Waals surface area contributed by atoms with Crippen molar-refractivity contribution in [3.63, 3.8) is 0 Å². The zero-order chi connectivity index (χ0) is 13.9. The molecule has 1 aromatic heterocycles. The Kier molecular flexibility index (Phi) is 4.21. The second-order valence-corrected chi connectivity index (χ2v) is 5.63. The fraction of sp³-hybridized carbons (Fsp3) is 0.692. The number of rotatable bonds is 4. The van der Waals surface area contributed by atoms with Gasteiger partial charge in [0.05, 0.1) is 5.60 Å². The minimum Gasteiger partial charge on any atom is -0.388 e. The van der Waals surface area contributed by atoms with E-state index in [1.807, 2.05) is 6.92 Å². The standard InChI is InChI=1S/C13H23N5O/c1-9-3-5-13(19,6-4-9)8-16-11-10(2)7-15-12(17-11)18-14/h7,9,19H,3-6,8,14H2,1-2H3,(H2,15,16,17,18). The summed E-state index contributed by atoms with van der Waals surface area (Å²) in [5, 5.41) is 13.7. The maximum absolute atomic E-state index is 10.5. The van der Waals surface area contributed by atoms with Crippen molar-refractivity contribution in [3.05, 3.63) is 11.8 Å². The SMILES string of the molecule is Cc1cnc(NN)nc1NCC1(O)CCC(C)CC1. The first-order valence-electron chi connectivity index (χ1n) is 6.79. The van der Waals surface area contributed by atoms with Gasteiger partial charge in [0, 0.05) is 18.3 Å². The van der Waals surface area contributed by atoms with E-state index < -0.39 is 5.60 Å². The molecule has 0 atom stereocenters. The second-order valence-electron chi connectivity index (χ2n) is 5.63. The van der Waals surface area contributed by atoms with Crippen molar-refractivity contribution in [1.82, 2.24) is 9.97 Å². The van der Waals surface area contributed by atoms with Gasteiger partial charge in [-0.2, -0.15) is 4.98 Å². The van der Waals surface area contributed by atoms with Crippen molar-refractivity contribution in [2.75, 3.05) is 17.3 Å². The molecule has 6 heteroatoms. The number of hydrogen-bond acceptors (Lipinski definition) is 6. The average molecular weight is 265 g/mol. The summed E-state index contributed by atoms with van der Waals surface area (Å²) in [7, 11) is 0. The van der Waals surface area contributed by atoms with Crippen molar-refractivity contribution >= 4 is 11.8 Å². The maximum atomic E-state index is 10.5. The van der Waals surface area contributed by atoms with Gasteiger partial charge >= 0.3 is 0 Å². The predicted octanol–water partition coefficient (Wildman–Crippen LogP) is 1.42. The van der Waals surface area contributed by atoms with Crippen LogP contribution in [0, 0.1) is 12.8 Å². The highest BCUT2D eigenvalue weighted by Gasteiger charge is 2.31. The van der Waals surface area contributed by atoms with E-state index in [9.17, 15) is 5.11 Å². The Bertz CT molecular complexity index is 429. The van der Waals surface area contributed by atoms with Crippen molar-refractivity contribution in [3.8, 4) is 0 Å². The molecule has 1 saturated carbocycles. The number of nitrogens with one attached hydrogen (secondary N) is 2. The Hall–Kier alpha value is -1.40. The molecule has 0 aromatic carbocycles. The van der Waals surface area contributed by atoms with Gasteiger partial charge in [0.2, 0.25) is 5.95 Å². The van der Waals surface area contributed by atoms with Crippen LogP contribution in [0.4, 0.5) is 11.8 Å². The van der Waals surface area contributed by atoms with Crippen LogP contribution in [0.5, 0.6) is 0 Å². The van der Waals surface area contributed by atoms with Crippen molar-refractivity contribution < 1.29 is 5.11 Å². The number of hydrogen-bond donors (Lipinski definition) is 4. The zero-order valence-electron chi connectivity index (χ0n) is 11.6. The van der Waals surface area contributed by atoms with Gasteiger partial charge in [0.25, 0.3) is 0 Å². The van der Waals surface area contributed by atoms with Crippen LogP contribution in [0.1, 0.15) is 38.2 Å². The number of aryl methyl sites for hydroxylation is 1. The minimum absolute atomic E-state index is 0.373. The number of aliphatic hydroxyl groups is 1. The van der Waals surface area contributed by atoms with Crippen LogP contribution in [0.25, 0.3) is 0 Å². The summed E-state index contributed by atoms with van der Waals surface area (Å²) < 4.78 is 0. The highest BCUT2D eigenvalue weighted by molar-refractivity contribution is 5.46. The van der Waals surface area contributed by atoms with Gasteiger partial charge in [-0.3, -0.25) is 5.43 Å². The lowest BCUT2D eigenvalue weighted by molar-refractivity contribution is 0.00494. The van der Waals surface area contributed by atoms with E-state index in [1.165, 1.54) is 0 Å². The topological polar surface area (TPSA) is 96.1 Å². The fourth-order valence-corrected chi connectivity index (χ4v) is 2.42. The molecule has 0 amide bonds. The molecule has 0 unspecified atom stereocenters. The first-order chi connectivity index (χ1) is 9.02. The van der Waals surface area contributed by atoms with Gasteiger partial charge in [-0.25, -0.2) is 10.8 Å². The summed E-state index contributed by atoms with van der Waals surface area (Å²) >= 11 is 0. The van der Waals surface area contributed by atoms with Crippen molar-refractivity contribution in [2.24, 2.45) is 11.8 Å². The predicted molar refractivity (Wildman–Crippen MR) is 75.7 cm³/mol. The van der Waals surface area contributed by atoms with Crippen LogP contribution in [0.3, 0.4) is 0 Å². The Balaban J connectivity index is 1.98. The Labute approximate surface area is 113 Å². The smallest absolute Gasteiger partial charge is 0.239 e. The van der Waals surface area contributed by atoms with Gasteiger partial charge in [-0.1, -0.05) is 6.92 Å². The fourth-order valence-electron chi connectivity index (χ4n) is 2.42. The molecule has 0 aliphatic heterocycles. The van der Waals surface area contributed by atoms with E-state index in [4.69, 9.17) is 5.84 Å². The summed E-state index contributed by atoms with van der Waals surface area (Å²) in [5.74, 6) is 7.10. The number of aromatic nitrogens is 2. The highest BCUT2D eigenvalue weighted by Crippen LogP contribution is 2.32. The molecule has 0 bridgehead atoms. The van der Waals surface area contributed by atoms with E-state index >= 15 is 0 Å². The summed E-state index contributed by atoms with van der Waals surface area (Å²) in [6.07, 6.45) is 5.55. The lowest BCUT2D eigenvalue weighted by Crippen LogP contribution is -2.40. The monoisotopic (exact) mass is 265 g/mol. The van der Waals surface area contributed by atoms with Crippen LogP contribution < -0.4 is 16.6 Å².